The number of ether oxygens (including phenoxy) is 1. The van der Waals surface area contributed by atoms with E-state index >= 15 is 0 Å². The molecule has 0 aliphatic carbocycles. The Kier molecular flexibility index (Phi) is 5.54. The summed E-state index contributed by atoms with van der Waals surface area (Å²) >= 11 is 0. The molecular formula is C18H18F3N3O4S. The Morgan fingerprint density at radius 3 is 2.55 bits per heavy atom. The van der Waals surface area contributed by atoms with Crippen LogP contribution < -0.4 is 9.64 Å². The summed E-state index contributed by atoms with van der Waals surface area (Å²) in [4.78, 5) is 18.1. The van der Waals surface area contributed by atoms with Crippen LogP contribution in [0.15, 0.2) is 41.4 Å². The quantitative estimate of drug-likeness (QED) is 0.730. The minimum atomic E-state index is -4.48. The predicted octanol–water partition coefficient (Wildman–Crippen LogP) is 2.48. The highest BCUT2D eigenvalue weighted by atomic mass is 32.2. The first-order valence-corrected chi connectivity index (χ1v) is 9.96. The number of sulfonamides is 1. The van der Waals surface area contributed by atoms with Crippen LogP contribution in [-0.4, -0.2) is 57.0 Å². The van der Waals surface area contributed by atoms with Gasteiger partial charge >= 0.3 is 6.18 Å². The fourth-order valence-corrected chi connectivity index (χ4v) is 3.82. The zero-order valence-corrected chi connectivity index (χ0v) is 16.4. The monoisotopic (exact) mass is 429 g/mol. The van der Waals surface area contributed by atoms with Crippen LogP contribution >= 0.6 is 0 Å². The molecule has 3 rings (SSSR count). The lowest BCUT2D eigenvalue weighted by Gasteiger charge is -2.18. The van der Waals surface area contributed by atoms with Gasteiger partial charge in [0.1, 0.15) is 0 Å². The molecule has 156 valence electrons. The van der Waals surface area contributed by atoms with E-state index < -0.39 is 22.8 Å². The molecule has 1 aromatic carbocycles. The van der Waals surface area contributed by atoms with Crippen molar-refractivity contribution in [2.45, 2.75) is 17.5 Å². The van der Waals surface area contributed by atoms with Gasteiger partial charge in [0.15, 0.2) is 6.61 Å². The molecular weight excluding hydrogens is 411 g/mol. The average molecular weight is 429 g/mol. The first-order chi connectivity index (χ1) is 13.5. The number of nitrogens with zero attached hydrogens (tertiary/aromatic N) is 3. The van der Waals surface area contributed by atoms with Gasteiger partial charge in [0, 0.05) is 38.6 Å². The molecule has 0 bridgehead atoms. The van der Waals surface area contributed by atoms with Crippen molar-refractivity contribution in [1.82, 2.24) is 9.29 Å². The van der Waals surface area contributed by atoms with Gasteiger partial charge in [-0.1, -0.05) is 0 Å². The van der Waals surface area contributed by atoms with Crippen molar-refractivity contribution >= 4 is 21.6 Å². The van der Waals surface area contributed by atoms with Crippen molar-refractivity contribution in [2.75, 3.05) is 32.1 Å². The molecule has 0 atom stereocenters. The molecule has 1 amide bonds. The van der Waals surface area contributed by atoms with Gasteiger partial charge in [-0.05, 0) is 36.2 Å². The summed E-state index contributed by atoms with van der Waals surface area (Å²) in [5.41, 5.74) is 1.49. The third kappa shape index (κ3) is 4.51. The highest BCUT2D eigenvalue weighted by molar-refractivity contribution is 7.89. The Balaban J connectivity index is 1.77. The molecule has 0 radical (unpaired) electrons. The molecule has 11 heteroatoms. The van der Waals surface area contributed by atoms with Crippen LogP contribution in [0.3, 0.4) is 0 Å². The molecule has 0 saturated carbocycles. The summed E-state index contributed by atoms with van der Waals surface area (Å²) in [6.07, 6.45) is -2.84. The Bertz CT molecular complexity index is 1020. The minimum absolute atomic E-state index is 0.142. The Labute approximate surface area is 165 Å². The van der Waals surface area contributed by atoms with E-state index in [1.165, 1.54) is 37.2 Å². The number of pyridine rings is 1. The van der Waals surface area contributed by atoms with Crippen molar-refractivity contribution in [2.24, 2.45) is 0 Å². The second-order valence-corrected chi connectivity index (χ2v) is 8.73. The van der Waals surface area contributed by atoms with Gasteiger partial charge in [-0.2, -0.15) is 13.2 Å². The fraction of sp³-hybridized carbons (Fsp3) is 0.333. The smallest absolute Gasteiger partial charge is 0.422 e. The maximum absolute atomic E-state index is 12.8. The van der Waals surface area contributed by atoms with E-state index in [4.69, 9.17) is 0 Å². The molecule has 1 aliphatic rings. The zero-order chi connectivity index (χ0) is 21.4. The van der Waals surface area contributed by atoms with Gasteiger partial charge in [0.2, 0.25) is 15.9 Å². The lowest BCUT2D eigenvalue weighted by atomic mass is 10.2. The van der Waals surface area contributed by atoms with Gasteiger partial charge in [-0.3, -0.25) is 4.79 Å². The molecule has 1 aromatic heterocycles. The second-order valence-electron chi connectivity index (χ2n) is 6.57. The van der Waals surface area contributed by atoms with Crippen molar-refractivity contribution < 1.29 is 31.1 Å². The number of carbonyl (C=O) groups excluding carboxylic acids is 1. The number of anilines is 1. The molecule has 0 fully saturated rings. The number of halogens is 3. The molecule has 0 saturated heterocycles. The van der Waals surface area contributed by atoms with Crippen LogP contribution in [0.2, 0.25) is 0 Å². The summed E-state index contributed by atoms with van der Waals surface area (Å²) < 4.78 is 66.7. The lowest BCUT2D eigenvalue weighted by Crippen LogP contribution is -2.29. The van der Waals surface area contributed by atoms with E-state index in [0.29, 0.717) is 18.7 Å². The standard InChI is InChI=1S/C18H18F3N3O4S/c1-23(2)29(26,27)14-4-5-15-12(9-14)7-8-24(15)17(25)13-3-6-16(22-10-13)28-11-18(19,20)21/h3-6,9-10H,7-8,11H2,1-2H3. The minimum Gasteiger partial charge on any atom is -0.468 e. The number of benzene rings is 1. The number of carbonyl (C=O) groups is 1. The molecule has 0 unspecified atom stereocenters. The van der Waals surface area contributed by atoms with E-state index in [-0.39, 0.29) is 22.2 Å². The molecule has 0 N–H and O–H groups in total. The molecule has 1 aliphatic heterocycles. The second kappa shape index (κ2) is 7.64. The van der Waals surface area contributed by atoms with E-state index in [0.717, 1.165) is 16.1 Å². The van der Waals surface area contributed by atoms with E-state index in [9.17, 15) is 26.4 Å². The number of hydrogen-bond donors (Lipinski definition) is 0. The van der Waals surface area contributed by atoms with Gasteiger partial charge < -0.3 is 9.64 Å². The van der Waals surface area contributed by atoms with E-state index in [2.05, 4.69) is 9.72 Å². The van der Waals surface area contributed by atoms with Crippen LogP contribution in [0.5, 0.6) is 5.88 Å². The summed E-state index contributed by atoms with van der Waals surface area (Å²) in [5.74, 6) is -0.624. The maximum Gasteiger partial charge on any atom is 0.422 e. The SMILES string of the molecule is CN(C)S(=O)(=O)c1ccc2c(c1)CCN2C(=O)c1ccc(OCC(F)(F)F)nc1. The Morgan fingerprint density at radius 2 is 1.97 bits per heavy atom. The largest absolute Gasteiger partial charge is 0.468 e. The van der Waals surface area contributed by atoms with Crippen LogP contribution in [0.1, 0.15) is 15.9 Å². The number of alkyl halides is 3. The number of amides is 1. The maximum atomic E-state index is 12.8. The summed E-state index contributed by atoms with van der Waals surface area (Å²) in [6.45, 7) is -1.11. The highest BCUT2D eigenvalue weighted by Gasteiger charge is 2.30. The molecule has 0 spiro atoms. The van der Waals surface area contributed by atoms with Gasteiger partial charge in [0.05, 0.1) is 10.5 Å². The van der Waals surface area contributed by atoms with Gasteiger partial charge in [-0.25, -0.2) is 17.7 Å². The number of rotatable bonds is 5. The number of aromatic nitrogens is 1. The molecule has 7 nitrogen and oxygen atoms in total. The first kappa shape index (κ1) is 21.1. The first-order valence-electron chi connectivity index (χ1n) is 8.52. The summed E-state index contributed by atoms with van der Waals surface area (Å²) in [6, 6.07) is 7.09. The van der Waals surface area contributed by atoms with Crippen molar-refractivity contribution in [1.29, 1.82) is 0 Å². The van der Waals surface area contributed by atoms with Crippen LogP contribution in [-0.2, 0) is 16.4 Å². The van der Waals surface area contributed by atoms with Crippen molar-refractivity contribution in [3.63, 3.8) is 0 Å². The van der Waals surface area contributed by atoms with Crippen LogP contribution in [0.4, 0.5) is 18.9 Å². The average Bonchev–Trinajstić information content (AvgIpc) is 3.08. The van der Waals surface area contributed by atoms with Gasteiger partial charge in [-0.15, -0.1) is 0 Å². The highest BCUT2D eigenvalue weighted by Crippen LogP contribution is 2.32. The molecule has 2 heterocycles. The molecule has 2 aromatic rings. The number of hydrogen-bond acceptors (Lipinski definition) is 5. The predicted molar refractivity (Wildman–Crippen MR) is 98.5 cm³/mol. The van der Waals surface area contributed by atoms with Gasteiger partial charge in [0.25, 0.3) is 5.91 Å². The number of fused-ring (bicyclic) bond motifs is 1. The van der Waals surface area contributed by atoms with Crippen LogP contribution in [0.25, 0.3) is 0 Å². The lowest BCUT2D eigenvalue weighted by molar-refractivity contribution is -0.154. The van der Waals surface area contributed by atoms with E-state index in [1.54, 1.807) is 12.1 Å². The van der Waals surface area contributed by atoms with Crippen molar-refractivity contribution in [3.8, 4) is 5.88 Å². The normalized spacial score (nSPS) is 14.2. The van der Waals surface area contributed by atoms with Crippen molar-refractivity contribution in [3.05, 3.63) is 47.7 Å². The summed E-state index contributed by atoms with van der Waals surface area (Å²) in [7, 11) is -0.707. The third-order valence-electron chi connectivity index (χ3n) is 4.34. The Morgan fingerprint density at radius 1 is 1.24 bits per heavy atom. The fourth-order valence-electron chi connectivity index (χ4n) is 2.86. The summed E-state index contributed by atoms with van der Waals surface area (Å²) in [5, 5.41) is 0. The third-order valence-corrected chi connectivity index (χ3v) is 6.15. The van der Waals surface area contributed by atoms with Crippen LogP contribution in [0, 0.1) is 0 Å². The Hall–Kier alpha value is -2.66. The topological polar surface area (TPSA) is 79.8 Å². The molecule has 29 heavy (non-hydrogen) atoms. The zero-order valence-electron chi connectivity index (χ0n) is 15.6. The van der Waals surface area contributed by atoms with E-state index in [1.807, 2.05) is 0 Å².